The second-order valence-corrected chi connectivity index (χ2v) is 10.2. The molecular weight excluding hydrogens is 506 g/mol. The molecule has 0 aliphatic carbocycles. The first-order valence-electron chi connectivity index (χ1n) is 14.8. The summed E-state index contributed by atoms with van der Waals surface area (Å²) in [6.07, 6.45) is 0. The van der Waals surface area contributed by atoms with Crippen molar-refractivity contribution in [2.75, 3.05) is 4.90 Å². The van der Waals surface area contributed by atoms with E-state index in [0.29, 0.717) is 0 Å². The van der Waals surface area contributed by atoms with E-state index in [1.807, 2.05) is 13.8 Å². The van der Waals surface area contributed by atoms with Gasteiger partial charge in [0.2, 0.25) is 0 Å². The van der Waals surface area contributed by atoms with Crippen LogP contribution in [0.4, 0.5) is 17.1 Å². The zero-order valence-corrected chi connectivity index (χ0v) is 25.5. The monoisotopic (exact) mass is 547 g/mol. The van der Waals surface area contributed by atoms with Crippen LogP contribution >= 0.6 is 0 Å². The zero-order valence-electron chi connectivity index (χ0n) is 25.5. The molecule has 1 nitrogen and oxygen atoms in total. The standard InChI is InChI=1S/C31H25N.C8H10.C2H6/c1-24-15-17-26(18-16-24)27-19-21-30(22-20-27)32(29-12-6-3-7-13-29)31-14-8-11-28(23-31)25-9-4-2-5-10-25;1-7-4-3-5-8(2)6-7;1-2/h2-23H,1H3;3-6H,1-2H3;1-2H3. The third-order valence-electron chi connectivity index (χ3n) is 6.91. The van der Waals surface area contributed by atoms with Crippen molar-refractivity contribution in [2.45, 2.75) is 34.6 Å². The number of anilines is 3. The van der Waals surface area contributed by atoms with E-state index < -0.39 is 0 Å². The smallest absolute Gasteiger partial charge is 0.0467 e. The fourth-order valence-electron chi connectivity index (χ4n) is 4.84. The fraction of sp³-hybridized carbons (Fsp3) is 0.122. The average molecular weight is 548 g/mol. The maximum Gasteiger partial charge on any atom is 0.0467 e. The molecule has 6 aromatic carbocycles. The van der Waals surface area contributed by atoms with Crippen LogP contribution in [0.3, 0.4) is 0 Å². The van der Waals surface area contributed by atoms with Crippen molar-refractivity contribution in [1.29, 1.82) is 0 Å². The molecule has 0 bridgehead atoms. The van der Waals surface area contributed by atoms with Crippen LogP contribution in [0.5, 0.6) is 0 Å². The van der Waals surface area contributed by atoms with Gasteiger partial charge in [-0.1, -0.05) is 152 Å². The van der Waals surface area contributed by atoms with Crippen molar-refractivity contribution < 1.29 is 0 Å². The van der Waals surface area contributed by atoms with Crippen LogP contribution in [-0.2, 0) is 0 Å². The summed E-state index contributed by atoms with van der Waals surface area (Å²) in [6.45, 7) is 10.3. The first-order chi connectivity index (χ1) is 20.6. The topological polar surface area (TPSA) is 3.24 Å². The Morgan fingerprint density at radius 1 is 0.310 bits per heavy atom. The molecule has 0 spiro atoms. The van der Waals surface area contributed by atoms with Crippen LogP contribution in [-0.4, -0.2) is 0 Å². The molecule has 0 saturated carbocycles. The van der Waals surface area contributed by atoms with Crippen LogP contribution < -0.4 is 4.90 Å². The van der Waals surface area contributed by atoms with Crippen molar-refractivity contribution >= 4 is 17.1 Å². The van der Waals surface area contributed by atoms with Crippen molar-refractivity contribution in [3.63, 3.8) is 0 Å². The Kier molecular flexibility index (Phi) is 10.9. The number of hydrogen-bond acceptors (Lipinski definition) is 1. The summed E-state index contributed by atoms with van der Waals surface area (Å²) in [5.41, 5.74) is 12.3. The zero-order chi connectivity index (χ0) is 29.7. The van der Waals surface area contributed by atoms with Gasteiger partial charge in [0.15, 0.2) is 0 Å². The highest BCUT2D eigenvalue weighted by Gasteiger charge is 2.13. The summed E-state index contributed by atoms with van der Waals surface area (Å²) < 4.78 is 0. The minimum Gasteiger partial charge on any atom is -0.310 e. The Morgan fingerprint density at radius 2 is 0.738 bits per heavy atom. The van der Waals surface area contributed by atoms with Crippen molar-refractivity contribution in [1.82, 2.24) is 0 Å². The van der Waals surface area contributed by atoms with Crippen LogP contribution in [0.1, 0.15) is 30.5 Å². The third kappa shape index (κ3) is 8.08. The largest absolute Gasteiger partial charge is 0.310 e. The molecule has 0 N–H and O–H groups in total. The summed E-state index contributed by atoms with van der Waals surface area (Å²) in [5.74, 6) is 0. The molecule has 0 aromatic heterocycles. The normalized spacial score (nSPS) is 10.0. The number of nitrogens with zero attached hydrogens (tertiary/aromatic N) is 1. The number of rotatable bonds is 5. The van der Waals surface area contributed by atoms with Gasteiger partial charge in [0, 0.05) is 17.1 Å². The fourth-order valence-corrected chi connectivity index (χ4v) is 4.84. The van der Waals surface area contributed by atoms with Crippen molar-refractivity contribution in [3.8, 4) is 22.3 Å². The van der Waals surface area contributed by atoms with E-state index in [2.05, 4.69) is 183 Å². The van der Waals surface area contributed by atoms with Crippen molar-refractivity contribution in [2.24, 2.45) is 0 Å². The second kappa shape index (κ2) is 15.2. The SMILES string of the molecule is CC.Cc1ccc(-c2ccc(N(c3ccccc3)c3cccc(-c4ccccc4)c3)cc2)cc1.Cc1cccc(C)c1. The molecule has 6 aromatic rings. The minimum atomic E-state index is 1.14. The van der Waals surface area contributed by atoms with Crippen molar-refractivity contribution in [3.05, 3.63) is 174 Å². The summed E-state index contributed by atoms with van der Waals surface area (Å²) >= 11 is 0. The highest BCUT2D eigenvalue weighted by Crippen LogP contribution is 2.37. The predicted octanol–water partition coefficient (Wildman–Crippen LogP) is 12.1. The lowest BCUT2D eigenvalue weighted by atomic mass is 10.0. The minimum absolute atomic E-state index is 1.14. The van der Waals surface area contributed by atoms with Crippen LogP contribution in [0.25, 0.3) is 22.3 Å². The molecule has 0 unspecified atom stereocenters. The van der Waals surface area contributed by atoms with Gasteiger partial charge in [0.1, 0.15) is 0 Å². The highest BCUT2D eigenvalue weighted by molar-refractivity contribution is 5.81. The molecule has 42 heavy (non-hydrogen) atoms. The average Bonchev–Trinajstić information content (AvgIpc) is 3.04. The Hall–Kier alpha value is -4.88. The van der Waals surface area contributed by atoms with Gasteiger partial charge in [-0.2, -0.15) is 0 Å². The Bertz CT molecular complexity index is 1620. The summed E-state index contributed by atoms with van der Waals surface area (Å²) in [4.78, 5) is 2.31. The van der Waals surface area contributed by atoms with E-state index in [1.165, 1.54) is 38.9 Å². The molecule has 0 amide bonds. The first-order valence-corrected chi connectivity index (χ1v) is 14.8. The maximum absolute atomic E-state index is 2.31. The molecular formula is C41H41N. The Balaban J connectivity index is 0.000000347. The van der Waals surface area contributed by atoms with E-state index in [4.69, 9.17) is 0 Å². The number of para-hydroxylation sites is 1. The van der Waals surface area contributed by atoms with Gasteiger partial charge in [0.25, 0.3) is 0 Å². The van der Waals surface area contributed by atoms with E-state index in [1.54, 1.807) is 0 Å². The molecule has 0 fully saturated rings. The predicted molar refractivity (Wildman–Crippen MR) is 184 cm³/mol. The second-order valence-electron chi connectivity index (χ2n) is 10.2. The van der Waals surface area contributed by atoms with Crippen LogP contribution in [0, 0.1) is 20.8 Å². The lowest BCUT2D eigenvalue weighted by molar-refractivity contribution is 1.28. The summed E-state index contributed by atoms with van der Waals surface area (Å²) in [7, 11) is 0. The molecule has 1 heteroatoms. The van der Waals surface area contributed by atoms with Gasteiger partial charge in [-0.05, 0) is 79.4 Å². The summed E-state index contributed by atoms with van der Waals surface area (Å²) in [5, 5.41) is 0. The van der Waals surface area contributed by atoms with Crippen LogP contribution in [0.15, 0.2) is 158 Å². The van der Waals surface area contributed by atoms with Gasteiger partial charge in [-0.3, -0.25) is 0 Å². The van der Waals surface area contributed by atoms with Gasteiger partial charge >= 0.3 is 0 Å². The molecule has 0 saturated heterocycles. The molecule has 0 radical (unpaired) electrons. The number of hydrogen-bond donors (Lipinski definition) is 0. The number of aryl methyl sites for hydroxylation is 3. The quantitative estimate of drug-likeness (QED) is 0.207. The lowest BCUT2D eigenvalue weighted by Crippen LogP contribution is -2.09. The lowest BCUT2D eigenvalue weighted by Gasteiger charge is -2.26. The molecule has 6 rings (SSSR count). The van der Waals surface area contributed by atoms with E-state index >= 15 is 0 Å². The maximum atomic E-state index is 2.31. The molecule has 0 atom stereocenters. The first kappa shape index (κ1) is 30.1. The Morgan fingerprint density at radius 3 is 1.29 bits per heavy atom. The van der Waals surface area contributed by atoms with E-state index in [0.717, 1.165) is 17.1 Å². The molecule has 210 valence electrons. The highest BCUT2D eigenvalue weighted by atomic mass is 15.1. The molecule has 0 heterocycles. The van der Waals surface area contributed by atoms with Crippen LogP contribution in [0.2, 0.25) is 0 Å². The Labute approximate surface area is 252 Å². The van der Waals surface area contributed by atoms with E-state index in [-0.39, 0.29) is 0 Å². The van der Waals surface area contributed by atoms with E-state index in [9.17, 15) is 0 Å². The summed E-state index contributed by atoms with van der Waals surface area (Å²) in [6, 6.07) is 55.8. The molecule has 0 aliphatic heterocycles. The van der Waals surface area contributed by atoms with Gasteiger partial charge in [0.05, 0.1) is 0 Å². The van der Waals surface area contributed by atoms with Gasteiger partial charge < -0.3 is 4.90 Å². The third-order valence-corrected chi connectivity index (χ3v) is 6.91. The van der Waals surface area contributed by atoms with Gasteiger partial charge in [-0.15, -0.1) is 0 Å². The van der Waals surface area contributed by atoms with Gasteiger partial charge in [-0.25, -0.2) is 0 Å². The number of benzene rings is 6. The molecule has 0 aliphatic rings.